The number of fused-ring (bicyclic) bond motifs is 4. The molecule has 0 aliphatic carbocycles. The van der Waals surface area contributed by atoms with Crippen LogP contribution in [-0.2, 0) is 0 Å². The van der Waals surface area contributed by atoms with Gasteiger partial charge in [-0.2, -0.15) is 0 Å². The summed E-state index contributed by atoms with van der Waals surface area (Å²) in [7, 11) is 0. The van der Waals surface area contributed by atoms with E-state index in [1.807, 2.05) is 100 Å². The third-order valence-electron chi connectivity index (χ3n) is 11.6. The van der Waals surface area contributed by atoms with Crippen LogP contribution in [0.1, 0.15) is 72.9 Å². The van der Waals surface area contributed by atoms with E-state index in [0.717, 1.165) is 21.8 Å². The molecular formula is C52H50N4O8. The first kappa shape index (κ1) is 43.1. The van der Waals surface area contributed by atoms with E-state index in [1.54, 1.807) is 26.2 Å². The molecule has 12 heteroatoms. The highest BCUT2D eigenvalue weighted by atomic mass is 16.5. The van der Waals surface area contributed by atoms with Crippen molar-refractivity contribution in [3.8, 4) is 57.1 Å². The summed E-state index contributed by atoms with van der Waals surface area (Å²) in [6.07, 6.45) is 6.21. The van der Waals surface area contributed by atoms with E-state index in [9.17, 15) is 30.6 Å². The fraction of sp³-hybridized carbons (Fsp3) is 0.231. The Morgan fingerprint density at radius 2 is 0.922 bits per heavy atom. The van der Waals surface area contributed by atoms with Crippen molar-refractivity contribution < 1.29 is 40.1 Å². The second-order valence-corrected chi connectivity index (χ2v) is 16.5. The first-order valence-electron chi connectivity index (χ1n) is 21.2. The molecule has 8 aromatic rings. The van der Waals surface area contributed by atoms with Crippen LogP contribution in [0.5, 0.6) is 46.0 Å². The number of para-hydroxylation sites is 2. The number of aromatic nitrogens is 2. The number of hydrogen-bond donors (Lipinski definition) is 6. The zero-order valence-corrected chi connectivity index (χ0v) is 36.5. The van der Waals surface area contributed by atoms with Crippen molar-refractivity contribution in [3.63, 3.8) is 0 Å². The maximum atomic E-state index is 12.5. The first-order valence-corrected chi connectivity index (χ1v) is 21.2. The summed E-state index contributed by atoms with van der Waals surface area (Å²) < 4.78 is 12.1. The standard InChI is InChI=1S/C52H50N4O8/c1-27(2)39-33-23-29(5)41(49(59)43(33)35(47(57)51(39)61)25-53-19-21-63-37-15-7-11-31-13-9-17-55-45(31)37)42-30(6)24-34-40(28(3)4)52(62)48(58)36(44(34)50(42)60)26-54-20-22-64-38-16-8-12-32-14-10-18-56-46(32)38/h7-18,23-28,57-62H,19-22H2,1-6H3. The van der Waals surface area contributed by atoms with E-state index in [2.05, 4.69) is 20.0 Å². The molecule has 6 N–H and O–H groups in total. The van der Waals surface area contributed by atoms with Gasteiger partial charge in [-0.1, -0.05) is 76.2 Å². The lowest BCUT2D eigenvalue weighted by atomic mass is 9.83. The van der Waals surface area contributed by atoms with Crippen molar-refractivity contribution in [2.45, 2.75) is 53.4 Å². The number of ether oxygens (including phenoxy) is 2. The van der Waals surface area contributed by atoms with Crippen molar-refractivity contribution in [1.29, 1.82) is 0 Å². The topological polar surface area (TPSA) is 190 Å². The van der Waals surface area contributed by atoms with Gasteiger partial charge in [0, 0.05) is 79.7 Å². The molecule has 0 saturated heterocycles. The minimum absolute atomic E-state index is 0.0828. The van der Waals surface area contributed by atoms with Gasteiger partial charge >= 0.3 is 0 Å². The molecular weight excluding hydrogens is 809 g/mol. The zero-order valence-electron chi connectivity index (χ0n) is 36.5. The third-order valence-corrected chi connectivity index (χ3v) is 11.6. The van der Waals surface area contributed by atoms with Crippen LogP contribution in [0, 0.1) is 13.8 Å². The van der Waals surface area contributed by atoms with E-state index in [0.29, 0.717) is 44.5 Å². The zero-order chi connectivity index (χ0) is 45.4. The van der Waals surface area contributed by atoms with E-state index in [4.69, 9.17) is 9.47 Å². The second kappa shape index (κ2) is 17.6. The van der Waals surface area contributed by atoms with E-state index in [1.165, 1.54) is 12.4 Å². The van der Waals surface area contributed by atoms with Crippen LogP contribution in [0.2, 0.25) is 0 Å². The van der Waals surface area contributed by atoms with Gasteiger partial charge in [0.05, 0.1) is 13.1 Å². The SMILES string of the molecule is Cc1cc2c(C(C)C)c(O)c(O)c(C=NCCOc3cccc4cccnc34)c2c(O)c1-c1c(C)cc2c(C(C)C)c(O)c(O)c(C=NCCOc3cccc4cccnc34)c2c1O. The molecule has 0 fully saturated rings. The fourth-order valence-electron chi connectivity index (χ4n) is 8.74. The third kappa shape index (κ3) is 7.65. The summed E-state index contributed by atoms with van der Waals surface area (Å²) in [5.41, 5.74) is 4.14. The normalized spacial score (nSPS) is 12.1. The van der Waals surface area contributed by atoms with Crippen molar-refractivity contribution >= 4 is 55.8 Å². The highest BCUT2D eigenvalue weighted by molar-refractivity contribution is 6.15. The lowest BCUT2D eigenvalue weighted by Crippen LogP contribution is -2.04. The molecule has 0 unspecified atom stereocenters. The van der Waals surface area contributed by atoms with Crippen LogP contribution in [0.3, 0.4) is 0 Å². The number of aliphatic imine (C=N–C) groups is 2. The van der Waals surface area contributed by atoms with Gasteiger partial charge in [0.25, 0.3) is 0 Å². The van der Waals surface area contributed by atoms with Crippen LogP contribution in [0.25, 0.3) is 54.5 Å². The maximum absolute atomic E-state index is 12.5. The Morgan fingerprint density at radius 1 is 0.531 bits per heavy atom. The quantitative estimate of drug-likeness (QED) is 0.0369. The Bertz CT molecular complexity index is 2950. The molecule has 64 heavy (non-hydrogen) atoms. The first-order chi connectivity index (χ1) is 30.8. The van der Waals surface area contributed by atoms with Crippen molar-refractivity contribution in [1.82, 2.24) is 9.97 Å². The van der Waals surface area contributed by atoms with Crippen LogP contribution in [-0.4, -0.2) is 79.3 Å². The Hall–Kier alpha value is -7.60. The number of rotatable bonds is 13. The minimum atomic E-state index is -0.454. The maximum Gasteiger partial charge on any atom is 0.167 e. The van der Waals surface area contributed by atoms with E-state index >= 15 is 0 Å². The van der Waals surface area contributed by atoms with Gasteiger partial charge in [0.2, 0.25) is 0 Å². The van der Waals surface area contributed by atoms with Gasteiger partial charge in [-0.3, -0.25) is 20.0 Å². The number of phenolic OH excluding ortho intramolecular Hbond substituents is 6. The molecule has 0 aliphatic heterocycles. The number of benzene rings is 6. The molecule has 6 aromatic carbocycles. The minimum Gasteiger partial charge on any atom is -0.507 e. The number of aromatic hydroxyl groups is 6. The Labute approximate surface area is 370 Å². The summed E-state index contributed by atoms with van der Waals surface area (Å²) in [5, 5.41) is 74.3. The molecule has 0 radical (unpaired) electrons. The van der Waals surface area contributed by atoms with Gasteiger partial charge in [0.15, 0.2) is 23.0 Å². The second-order valence-electron chi connectivity index (χ2n) is 16.5. The Balaban J connectivity index is 1.21. The molecule has 0 spiro atoms. The smallest absolute Gasteiger partial charge is 0.167 e. The number of nitrogens with zero attached hydrogens (tertiary/aromatic N) is 4. The van der Waals surface area contributed by atoms with E-state index < -0.39 is 11.5 Å². The highest BCUT2D eigenvalue weighted by Gasteiger charge is 2.29. The number of pyridine rings is 2. The van der Waals surface area contributed by atoms with Crippen LogP contribution >= 0.6 is 0 Å². The van der Waals surface area contributed by atoms with Gasteiger partial charge in [0.1, 0.15) is 47.2 Å². The van der Waals surface area contributed by atoms with Crippen LogP contribution < -0.4 is 9.47 Å². The van der Waals surface area contributed by atoms with Crippen molar-refractivity contribution in [2.75, 3.05) is 26.3 Å². The number of phenols is 6. The monoisotopic (exact) mass is 858 g/mol. The summed E-state index contributed by atoms with van der Waals surface area (Å²) in [4.78, 5) is 18.0. The number of aryl methyl sites for hydroxylation is 2. The van der Waals surface area contributed by atoms with Gasteiger partial charge in [-0.15, -0.1) is 0 Å². The Kier molecular flexibility index (Phi) is 11.9. The average molecular weight is 859 g/mol. The van der Waals surface area contributed by atoms with Gasteiger partial charge in [-0.25, -0.2) is 0 Å². The van der Waals surface area contributed by atoms with Crippen LogP contribution in [0.4, 0.5) is 0 Å². The predicted octanol–water partition coefficient (Wildman–Crippen LogP) is 10.8. The summed E-state index contributed by atoms with van der Waals surface area (Å²) in [5.74, 6) is -1.38. The predicted molar refractivity (Wildman–Crippen MR) is 254 cm³/mol. The fourth-order valence-corrected chi connectivity index (χ4v) is 8.74. The lowest BCUT2D eigenvalue weighted by molar-refractivity contribution is 0.332. The molecule has 0 saturated carbocycles. The molecule has 2 heterocycles. The average Bonchev–Trinajstić information content (AvgIpc) is 3.27. The summed E-state index contributed by atoms with van der Waals surface area (Å²) in [6.45, 7) is 11.8. The van der Waals surface area contributed by atoms with Crippen molar-refractivity contribution in [3.05, 3.63) is 119 Å². The molecule has 0 aliphatic rings. The van der Waals surface area contributed by atoms with Crippen LogP contribution in [0.15, 0.2) is 95.2 Å². The molecule has 12 nitrogen and oxygen atoms in total. The Morgan fingerprint density at radius 3 is 1.31 bits per heavy atom. The number of hydrogen-bond acceptors (Lipinski definition) is 12. The molecule has 0 amide bonds. The highest BCUT2D eigenvalue weighted by Crippen LogP contribution is 2.54. The van der Waals surface area contributed by atoms with E-state index in [-0.39, 0.29) is 94.2 Å². The lowest BCUT2D eigenvalue weighted by Gasteiger charge is -2.23. The van der Waals surface area contributed by atoms with Crippen molar-refractivity contribution in [2.24, 2.45) is 9.98 Å². The molecule has 2 aromatic heterocycles. The van der Waals surface area contributed by atoms with Gasteiger partial charge in [-0.05, 0) is 71.8 Å². The molecule has 0 bridgehead atoms. The largest absolute Gasteiger partial charge is 0.507 e. The molecule has 326 valence electrons. The molecule has 0 atom stereocenters. The summed E-state index contributed by atoms with van der Waals surface area (Å²) in [6, 6.07) is 22.6. The summed E-state index contributed by atoms with van der Waals surface area (Å²) >= 11 is 0. The van der Waals surface area contributed by atoms with Gasteiger partial charge < -0.3 is 40.1 Å². The molecule has 8 rings (SSSR count).